The van der Waals surface area contributed by atoms with Crippen molar-refractivity contribution in [2.24, 2.45) is 5.92 Å². The number of benzene rings is 1. The van der Waals surface area contributed by atoms with E-state index >= 15 is 0 Å². The topological polar surface area (TPSA) is 0 Å². The Labute approximate surface area is 85.2 Å². The average molecular weight is 195 g/mol. The van der Waals surface area contributed by atoms with Crippen molar-refractivity contribution in [2.75, 3.05) is 0 Å². The quantitative estimate of drug-likeness (QED) is 0.655. The van der Waals surface area contributed by atoms with E-state index in [-0.39, 0.29) is 0 Å². The van der Waals surface area contributed by atoms with Gasteiger partial charge in [-0.3, -0.25) is 0 Å². The van der Waals surface area contributed by atoms with Crippen molar-refractivity contribution < 1.29 is 0 Å². The van der Waals surface area contributed by atoms with E-state index in [0.717, 1.165) is 5.02 Å². The summed E-state index contributed by atoms with van der Waals surface area (Å²) in [5.74, 6) is 0.593. The van der Waals surface area contributed by atoms with Crippen LogP contribution in [0.2, 0.25) is 5.02 Å². The summed E-state index contributed by atoms with van der Waals surface area (Å²) in [7, 11) is 0. The van der Waals surface area contributed by atoms with Gasteiger partial charge in [0, 0.05) is 5.02 Å². The van der Waals surface area contributed by atoms with Gasteiger partial charge in [0.05, 0.1) is 0 Å². The summed E-state index contributed by atoms with van der Waals surface area (Å²) in [5.41, 5.74) is 2.56. The lowest BCUT2D eigenvalue weighted by Gasteiger charge is -2.03. The first kappa shape index (κ1) is 10.3. The van der Waals surface area contributed by atoms with E-state index in [1.54, 1.807) is 0 Å². The Bertz CT molecular complexity index is 293. The molecular formula is C12H15Cl. The molecule has 1 rings (SSSR count). The molecule has 0 amide bonds. The van der Waals surface area contributed by atoms with E-state index in [4.69, 9.17) is 11.6 Å². The van der Waals surface area contributed by atoms with Crippen LogP contribution < -0.4 is 0 Å². The van der Waals surface area contributed by atoms with Crippen LogP contribution in [0.1, 0.15) is 26.3 Å². The zero-order valence-corrected chi connectivity index (χ0v) is 9.10. The molecule has 0 radical (unpaired) electrons. The number of hydrogen-bond donors (Lipinski definition) is 0. The van der Waals surface area contributed by atoms with Crippen molar-refractivity contribution in [3.05, 3.63) is 40.9 Å². The molecule has 0 bridgehead atoms. The molecule has 0 saturated heterocycles. The summed E-state index contributed by atoms with van der Waals surface area (Å²) in [4.78, 5) is 0. The van der Waals surface area contributed by atoms with Gasteiger partial charge in [0.2, 0.25) is 0 Å². The molecule has 0 aliphatic carbocycles. The normalized spacial score (nSPS) is 12.2. The van der Waals surface area contributed by atoms with Crippen molar-refractivity contribution in [2.45, 2.75) is 20.8 Å². The molecule has 1 heteroatoms. The SMILES string of the molecule is C/C(=C\C(C)C)c1ccc(Cl)cc1. The van der Waals surface area contributed by atoms with Crippen molar-refractivity contribution in [3.8, 4) is 0 Å². The van der Waals surface area contributed by atoms with Gasteiger partial charge in [0.25, 0.3) is 0 Å². The van der Waals surface area contributed by atoms with Crippen LogP contribution in [0.5, 0.6) is 0 Å². The second kappa shape index (κ2) is 4.48. The summed E-state index contributed by atoms with van der Waals surface area (Å²) >= 11 is 5.80. The van der Waals surface area contributed by atoms with Crippen LogP contribution in [0.4, 0.5) is 0 Å². The summed E-state index contributed by atoms with van der Waals surface area (Å²) in [6.07, 6.45) is 2.25. The van der Waals surface area contributed by atoms with Crippen LogP contribution in [0.3, 0.4) is 0 Å². The molecule has 0 nitrogen and oxygen atoms in total. The van der Waals surface area contributed by atoms with Gasteiger partial charge in [-0.05, 0) is 36.1 Å². The van der Waals surface area contributed by atoms with Crippen LogP contribution in [0, 0.1) is 5.92 Å². The van der Waals surface area contributed by atoms with Gasteiger partial charge in [-0.2, -0.15) is 0 Å². The number of rotatable bonds is 2. The zero-order chi connectivity index (χ0) is 9.84. The van der Waals surface area contributed by atoms with Crippen LogP contribution in [0.25, 0.3) is 5.57 Å². The monoisotopic (exact) mass is 194 g/mol. The molecule has 0 unspecified atom stereocenters. The third-order valence-corrected chi connectivity index (χ3v) is 2.13. The highest BCUT2D eigenvalue weighted by Crippen LogP contribution is 2.18. The van der Waals surface area contributed by atoms with Gasteiger partial charge in [-0.25, -0.2) is 0 Å². The van der Waals surface area contributed by atoms with Crippen molar-refractivity contribution in [3.63, 3.8) is 0 Å². The fourth-order valence-corrected chi connectivity index (χ4v) is 1.43. The minimum Gasteiger partial charge on any atom is -0.0843 e. The van der Waals surface area contributed by atoms with E-state index in [2.05, 4.69) is 39.0 Å². The minimum atomic E-state index is 0.593. The second-order valence-electron chi connectivity index (χ2n) is 3.60. The number of hydrogen-bond acceptors (Lipinski definition) is 0. The molecule has 13 heavy (non-hydrogen) atoms. The van der Waals surface area contributed by atoms with Gasteiger partial charge in [-0.15, -0.1) is 0 Å². The van der Waals surface area contributed by atoms with Crippen molar-refractivity contribution in [1.82, 2.24) is 0 Å². The van der Waals surface area contributed by atoms with Crippen LogP contribution in [-0.2, 0) is 0 Å². The molecule has 1 aromatic carbocycles. The Hall–Kier alpha value is -0.750. The van der Waals surface area contributed by atoms with Gasteiger partial charge in [0.1, 0.15) is 0 Å². The summed E-state index contributed by atoms with van der Waals surface area (Å²) in [6, 6.07) is 7.95. The molecule has 1 aromatic rings. The molecule has 0 heterocycles. The average Bonchev–Trinajstić information content (AvgIpc) is 2.04. The van der Waals surface area contributed by atoms with E-state index < -0.39 is 0 Å². The van der Waals surface area contributed by atoms with E-state index in [1.165, 1.54) is 11.1 Å². The lowest BCUT2D eigenvalue weighted by Crippen LogP contribution is -1.84. The summed E-state index contributed by atoms with van der Waals surface area (Å²) in [6.45, 7) is 6.49. The minimum absolute atomic E-state index is 0.593. The van der Waals surface area contributed by atoms with Gasteiger partial charge in [0.15, 0.2) is 0 Å². The van der Waals surface area contributed by atoms with E-state index in [0.29, 0.717) is 5.92 Å². The molecule has 0 fully saturated rings. The first-order valence-corrected chi connectivity index (χ1v) is 4.92. The predicted molar refractivity (Wildman–Crippen MR) is 59.9 cm³/mol. The van der Waals surface area contributed by atoms with Gasteiger partial charge < -0.3 is 0 Å². The second-order valence-corrected chi connectivity index (χ2v) is 4.04. The fraction of sp³-hybridized carbons (Fsp3) is 0.333. The van der Waals surface area contributed by atoms with Crippen LogP contribution in [-0.4, -0.2) is 0 Å². The maximum absolute atomic E-state index is 5.80. The Morgan fingerprint density at radius 3 is 2.23 bits per heavy atom. The third-order valence-electron chi connectivity index (χ3n) is 1.88. The smallest absolute Gasteiger partial charge is 0.0406 e. The highest BCUT2D eigenvalue weighted by atomic mass is 35.5. The first-order chi connectivity index (χ1) is 6.09. The van der Waals surface area contributed by atoms with Crippen molar-refractivity contribution >= 4 is 17.2 Å². The Kier molecular flexibility index (Phi) is 3.56. The third kappa shape index (κ3) is 3.23. The fourth-order valence-electron chi connectivity index (χ4n) is 1.31. The molecule has 0 spiro atoms. The molecule has 0 atom stereocenters. The molecule has 0 aromatic heterocycles. The van der Waals surface area contributed by atoms with Crippen molar-refractivity contribution in [1.29, 1.82) is 0 Å². The zero-order valence-electron chi connectivity index (χ0n) is 8.34. The van der Waals surface area contributed by atoms with Crippen LogP contribution >= 0.6 is 11.6 Å². The highest BCUT2D eigenvalue weighted by molar-refractivity contribution is 6.30. The highest BCUT2D eigenvalue weighted by Gasteiger charge is 1.96. The van der Waals surface area contributed by atoms with Crippen LogP contribution in [0.15, 0.2) is 30.3 Å². The Balaban J connectivity index is 2.89. The molecular weight excluding hydrogens is 180 g/mol. The maximum Gasteiger partial charge on any atom is 0.0406 e. The first-order valence-electron chi connectivity index (χ1n) is 4.54. The molecule has 70 valence electrons. The molecule has 0 aliphatic heterocycles. The largest absolute Gasteiger partial charge is 0.0843 e. The summed E-state index contributed by atoms with van der Waals surface area (Å²) in [5, 5.41) is 0.793. The molecule has 0 saturated carbocycles. The lowest BCUT2D eigenvalue weighted by molar-refractivity contribution is 0.833. The molecule has 0 N–H and O–H groups in total. The Morgan fingerprint density at radius 2 is 1.77 bits per heavy atom. The number of allylic oxidation sites excluding steroid dienone is 2. The lowest BCUT2D eigenvalue weighted by atomic mass is 10.0. The van der Waals surface area contributed by atoms with E-state index in [1.807, 2.05) is 12.1 Å². The maximum atomic E-state index is 5.80. The number of halogens is 1. The van der Waals surface area contributed by atoms with Gasteiger partial charge >= 0.3 is 0 Å². The summed E-state index contributed by atoms with van der Waals surface area (Å²) < 4.78 is 0. The molecule has 0 aliphatic rings. The standard InChI is InChI=1S/C12H15Cl/c1-9(2)8-10(3)11-4-6-12(13)7-5-11/h4-9H,1-3H3/b10-8+. The van der Waals surface area contributed by atoms with E-state index in [9.17, 15) is 0 Å². The Morgan fingerprint density at radius 1 is 1.23 bits per heavy atom. The predicted octanol–water partition coefficient (Wildman–Crippen LogP) is 4.40. The van der Waals surface area contributed by atoms with Gasteiger partial charge in [-0.1, -0.05) is 43.7 Å².